The first kappa shape index (κ1) is 21.4. The Morgan fingerprint density at radius 3 is 2.80 bits per heavy atom. The Labute approximate surface area is 202 Å². The second-order valence-electron chi connectivity index (χ2n) is 8.55. The van der Waals surface area contributed by atoms with Crippen LogP contribution in [-0.4, -0.2) is 31.5 Å². The number of amides is 1. The molecule has 6 rings (SSSR count). The van der Waals surface area contributed by atoms with E-state index in [1.54, 1.807) is 0 Å². The van der Waals surface area contributed by atoms with Gasteiger partial charge in [0.2, 0.25) is 5.91 Å². The largest absolute Gasteiger partial charge is 0.383 e. The van der Waals surface area contributed by atoms with E-state index in [0.29, 0.717) is 45.0 Å². The summed E-state index contributed by atoms with van der Waals surface area (Å²) in [5.41, 5.74) is 7.96. The Hall–Kier alpha value is -4.10. The predicted molar refractivity (Wildman–Crippen MR) is 131 cm³/mol. The van der Waals surface area contributed by atoms with Gasteiger partial charge in [-0.15, -0.1) is 11.3 Å². The number of nitrogens with two attached hydrogens (primary N) is 1. The zero-order chi connectivity index (χ0) is 24.4. The highest BCUT2D eigenvalue weighted by Crippen LogP contribution is 2.44. The molecular formula is C25H18F2N6OS. The van der Waals surface area contributed by atoms with Crippen LogP contribution in [0.4, 0.5) is 14.6 Å². The zero-order valence-electron chi connectivity index (χ0n) is 18.4. The second-order valence-corrected chi connectivity index (χ2v) is 9.61. The molecule has 4 heterocycles. The fourth-order valence-corrected chi connectivity index (χ4v) is 5.57. The molecule has 174 valence electrons. The Kier molecular flexibility index (Phi) is 4.72. The standard InChI is InChI=1S/C25H18F2N6OS/c1-3-18(34)31-16-9-33-22(11(16)2)14(19-23(28)29-10-30-24(19)33)7-6-13-15(26)8-17-21(20(13)27)32-25(35-17)12-4-5-12/h3,8,10,12,16H,1-2,4-5,9H2,(H,31,34)(H2,28,29,30)/t16-/m0/s1. The van der Waals surface area contributed by atoms with Crippen molar-refractivity contribution in [2.45, 2.75) is 31.3 Å². The topological polar surface area (TPSA) is 98.7 Å². The normalized spacial score (nSPS) is 16.9. The van der Waals surface area contributed by atoms with E-state index < -0.39 is 17.7 Å². The summed E-state index contributed by atoms with van der Waals surface area (Å²) in [6.45, 7) is 7.95. The summed E-state index contributed by atoms with van der Waals surface area (Å²) in [7, 11) is 0. The quantitative estimate of drug-likeness (QED) is 0.337. The summed E-state index contributed by atoms with van der Waals surface area (Å²) in [6.07, 6.45) is 4.54. The van der Waals surface area contributed by atoms with Gasteiger partial charge in [-0.05, 0) is 30.6 Å². The Morgan fingerprint density at radius 2 is 2.06 bits per heavy atom. The van der Waals surface area contributed by atoms with Crippen LogP contribution in [-0.2, 0) is 11.3 Å². The van der Waals surface area contributed by atoms with Crippen molar-refractivity contribution in [3.63, 3.8) is 0 Å². The minimum atomic E-state index is -0.782. The first-order valence-corrected chi connectivity index (χ1v) is 11.7. The molecule has 0 saturated heterocycles. The maximum absolute atomic E-state index is 15.3. The van der Waals surface area contributed by atoms with Gasteiger partial charge in [0, 0.05) is 12.5 Å². The highest BCUT2D eigenvalue weighted by atomic mass is 32.1. The number of carbonyl (C=O) groups is 1. The number of anilines is 1. The van der Waals surface area contributed by atoms with Gasteiger partial charge in [-0.3, -0.25) is 4.79 Å². The van der Waals surface area contributed by atoms with Gasteiger partial charge in [-0.25, -0.2) is 23.7 Å². The Balaban J connectivity index is 1.50. The smallest absolute Gasteiger partial charge is 0.243 e. The summed E-state index contributed by atoms with van der Waals surface area (Å²) in [5.74, 6) is 4.20. The molecule has 1 aromatic carbocycles. The van der Waals surface area contributed by atoms with E-state index in [1.165, 1.54) is 29.8 Å². The molecule has 0 unspecified atom stereocenters. The first-order valence-electron chi connectivity index (χ1n) is 10.9. The third kappa shape index (κ3) is 3.31. The predicted octanol–water partition coefficient (Wildman–Crippen LogP) is 3.88. The van der Waals surface area contributed by atoms with E-state index in [1.807, 2.05) is 4.57 Å². The number of hydrogen-bond acceptors (Lipinski definition) is 6. The maximum atomic E-state index is 15.3. The molecule has 1 saturated carbocycles. The molecule has 0 radical (unpaired) electrons. The van der Waals surface area contributed by atoms with E-state index in [-0.39, 0.29) is 22.8 Å². The van der Waals surface area contributed by atoms with Gasteiger partial charge in [0.15, 0.2) is 5.82 Å². The molecule has 35 heavy (non-hydrogen) atoms. The zero-order valence-corrected chi connectivity index (χ0v) is 19.2. The summed E-state index contributed by atoms with van der Waals surface area (Å²) in [6, 6.07) is 0.864. The minimum Gasteiger partial charge on any atom is -0.383 e. The highest BCUT2D eigenvalue weighted by Gasteiger charge is 2.33. The number of nitrogen functional groups attached to an aromatic ring is 1. The molecule has 1 aliphatic carbocycles. The lowest BCUT2D eigenvalue weighted by Crippen LogP contribution is -2.34. The van der Waals surface area contributed by atoms with E-state index in [2.05, 4.69) is 45.3 Å². The number of benzene rings is 1. The number of fused-ring (bicyclic) bond motifs is 4. The molecule has 1 fully saturated rings. The molecule has 0 spiro atoms. The van der Waals surface area contributed by atoms with Crippen LogP contribution in [0.1, 0.15) is 40.6 Å². The van der Waals surface area contributed by atoms with Crippen molar-refractivity contribution in [2.75, 3.05) is 5.73 Å². The van der Waals surface area contributed by atoms with Crippen LogP contribution < -0.4 is 11.1 Å². The van der Waals surface area contributed by atoms with Gasteiger partial charge in [0.25, 0.3) is 0 Å². The minimum absolute atomic E-state index is 0.133. The van der Waals surface area contributed by atoms with Crippen molar-refractivity contribution in [2.24, 2.45) is 0 Å². The Bertz CT molecular complexity index is 1670. The molecule has 0 bridgehead atoms. The van der Waals surface area contributed by atoms with Crippen LogP contribution in [0.5, 0.6) is 0 Å². The second kappa shape index (κ2) is 7.71. The van der Waals surface area contributed by atoms with E-state index in [9.17, 15) is 9.18 Å². The van der Waals surface area contributed by atoms with Crippen LogP contribution in [0.25, 0.3) is 26.8 Å². The van der Waals surface area contributed by atoms with Crippen LogP contribution >= 0.6 is 11.3 Å². The van der Waals surface area contributed by atoms with Crippen molar-refractivity contribution in [1.29, 1.82) is 0 Å². The highest BCUT2D eigenvalue weighted by molar-refractivity contribution is 7.18. The van der Waals surface area contributed by atoms with Gasteiger partial charge in [0.05, 0.1) is 38.0 Å². The molecule has 10 heteroatoms. The summed E-state index contributed by atoms with van der Waals surface area (Å²) in [4.78, 5) is 24.7. The van der Waals surface area contributed by atoms with Crippen LogP contribution in [0.3, 0.4) is 0 Å². The van der Waals surface area contributed by atoms with Crippen LogP contribution in [0.2, 0.25) is 0 Å². The Morgan fingerprint density at radius 1 is 1.29 bits per heavy atom. The number of nitrogens with zero attached hydrogens (tertiary/aromatic N) is 4. The van der Waals surface area contributed by atoms with Gasteiger partial charge in [-0.2, -0.15) is 0 Å². The molecule has 1 atom stereocenters. The van der Waals surface area contributed by atoms with Gasteiger partial charge in [-0.1, -0.05) is 25.0 Å². The summed E-state index contributed by atoms with van der Waals surface area (Å²) in [5, 5.41) is 4.12. The van der Waals surface area contributed by atoms with E-state index >= 15 is 4.39 Å². The van der Waals surface area contributed by atoms with Crippen molar-refractivity contribution in [3.05, 3.63) is 65.1 Å². The van der Waals surface area contributed by atoms with Gasteiger partial charge < -0.3 is 15.6 Å². The lowest BCUT2D eigenvalue weighted by Gasteiger charge is -2.12. The summed E-state index contributed by atoms with van der Waals surface area (Å²) < 4.78 is 32.5. The number of carbonyl (C=O) groups excluding carboxylic acids is 1. The fraction of sp³-hybridized carbons (Fsp3) is 0.200. The SMILES string of the molecule is C=CC(=O)N[C@H]1Cn2c(c(C#Cc3c(F)cc4sc(C5CC5)nc4c3F)c3c(N)ncnc32)C1=C. The van der Waals surface area contributed by atoms with E-state index in [4.69, 9.17) is 5.73 Å². The molecular weight excluding hydrogens is 470 g/mol. The van der Waals surface area contributed by atoms with Gasteiger partial charge >= 0.3 is 0 Å². The number of hydrogen-bond donors (Lipinski definition) is 2. The first-order chi connectivity index (χ1) is 16.9. The molecule has 1 amide bonds. The number of nitrogens with one attached hydrogen (secondary N) is 1. The summed E-state index contributed by atoms with van der Waals surface area (Å²) >= 11 is 1.32. The monoisotopic (exact) mass is 488 g/mol. The lowest BCUT2D eigenvalue weighted by molar-refractivity contribution is -0.116. The van der Waals surface area contributed by atoms with Crippen molar-refractivity contribution in [3.8, 4) is 11.8 Å². The molecule has 4 aromatic rings. The third-order valence-corrected chi connectivity index (χ3v) is 7.46. The van der Waals surface area contributed by atoms with Crippen molar-refractivity contribution >= 4 is 49.9 Å². The van der Waals surface area contributed by atoms with Crippen LogP contribution in [0, 0.1) is 23.5 Å². The molecule has 7 nitrogen and oxygen atoms in total. The molecule has 1 aliphatic heterocycles. The lowest BCUT2D eigenvalue weighted by atomic mass is 10.0. The van der Waals surface area contributed by atoms with Crippen LogP contribution in [0.15, 0.2) is 31.6 Å². The molecule has 3 aromatic heterocycles. The third-order valence-electron chi connectivity index (χ3n) is 6.29. The number of aromatic nitrogens is 4. The van der Waals surface area contributed by atoms with Crippen molar-refractivity contribution in [1.82, 2.24) is 24.8 Å². The average molecular weight is 489 g/mol. The average Bonchev–Trinajstić information content (AvgIpc) is 3.42. The number of rotatable bonds is 3. The fourth-order valence-electron chi connectivity index (χ4n) is 4.41. The van der Waals surface area contributed by atoms with Gasteiger partial charge in [0.1, 0.15) is 29.1 Å². The van der Waals surface area contributed by atoms with Crippen molar-refractivity contribution < 1.29 is 13.6 Å². The number of thiazole rings is 1. The molecule has 2 aliphatic rings. The number of halogens is 2. The maximum Gasteiger partial charge on any atom is 0.243 e. The van der Waals surface area contributed by atoms with E-state index in [0.717, 1.165) is 17.8 Å². The molecule has 3 N–H and O–H groups in total.